The van der Waals surface area contributed by atoms with E-state index in [1.54, 1.807) is 22.6 Å². The third-order valence-electron chi connectivity index (χ3n) is 3.98. The van der Waals surface area contributed by atoms with Crippen LogP contribution in [0.25, 0.3) is 0 Å². The molecule has 1 aromatic heterocycles. The van der Waals surface area contributed by atoms with E-state index in [9.17, 15) is 8.42 Å². The summed E-state index contributed by atoms with van der Waals surface area (Å²) >= 11 is 0. The van der Waals surface area contributed by atoms with Crippen molar-refractivity contribution in [3.05, 3.63) is 18.3 Å². The summed E-state index contributed by atoms with van der Waals surface area (Å²) in [4.78, 5) is 4.17. The number of anilines is 1. The number of nitrogens with one attached hydrogen (secondary N) is 1. The van der Waals surface area contributed by atoms with Crippen molar-refractivity contribution in [2.75, 3.05) is 18.4 Å². The maximum atomic E-state index is 13.0. The average Bonchev–Trinajstić information content (AvgIpc) is 3.36. The number of sulfonamides is 1. The second-order valence-electron chi connectivity index (χ2n) is 6.03. The first-order valence-corrected chi connectivity index (χ1v) is 9.27. The van der Waals surface area contributed by atoms with Crippen LogP contribution in [0.1, 0.15) is 39.0 Å². The molecule has 0 atom stereocenters. The Morgan fingerprint density at radius 3 is 2.71 bits per heavy atom. The standard InChI is InChI=1S/C15H23N3O2S/c1-2-9-16-14-4-3-10-17-15(14)21(19,20)18(13-7-8-13)11-12-5-6-12/h3-4,10,12-13,16H,2,5-9,11H2,1H3. The number of rotatable bonds is 8. The molecule has 21 heavy (non-hydrogen) atoms. The summed E-state index contributed by atoms with van der Waals surface area (Å²) in [5.74, 6) is 0.552. The van der Waals surface area contributed by atoms with Gasteiger partial charge in [-0.2, -0.15) is 4.31 Å². The molecule has 5 nitrogen and oxygen atoms in total. The highest BCUT2D eigenvalue weighted by atomic mass is 32.2. The fourth-order valence-corrected chi connectivity index (χ4v) is 4.31. The zero-order valence-electron chi connectivity index (χ0n) is 12.5. The van der Waals surface area contributed by atoms with Crippen molar-refractivity contribution in [1.29, 1.82) is 0 Å². The summed E-state index contributed by atoms with van der Waals surface area (Å²) in [6, 6.07) is 3.77. The van der Waals surface area contributed by atoms with Crippen LogP contribution in [0.15, 0.2) is 23.4 Å². The summed E-state index contributed by atoms with van der Waals surface area (Å²) < 4.78 is 27.7. The van der Waals surface area contributed by atoms with E-state index in [4.69, 9.17) is 0 Å². The van der Waals surface area contributed by atoms with Crippen molar-refractivity contribution in [3.63, 3.8) is 0 Å². The first-order chi connectivity index (χ1) is 10.1. The van der Waals surface area contributed by atoms with Crippen LogP contribution < -0.4 is 5.32 Å². The molecule has 2 aliphatic carbocycles. The predicted molar refractivity (Wildman–Crippen MR) is 82.7 cm³/mol. The van der Waals surface area contributed by atoms with Crippen LogP contribution >= 0.6 is 0 Å². The molecule has 0 aliphatic heterocycles. The van der Waals surface area contributed by atoms with Gasteiger partial charge in [-0.25, -0.2) is 13.4 Å². The minimum atomic E-state index is -3.49. The quantitative estimate of drug-likeness (QED) is 0.801. The van der Waals surface area contributed by atoms with Gasteiger partial charge in [0.25, 0.3) is 10.0 Å². The lowest BCUT2D eigenvalue weighted by Gasteiger charge is -2.22. The fraction of sp³-hybridized carbons (Fsp3) is 0.667. The number of aromatic nitrogens is 1. The molecule has 1 aromatic rings. The Labute approximate surface area is 126 Å². The number of pyridine rings is 1. The van der Waals surface area contributed by atoms with Gasteiger partial charge in [0.15, 0.2) is 5.03 Å². The Balaban J connectivity index is 1.88. The SMILES string of the molecule is CCCNc1cccnc1S(=O)(=O)N(CC1CC1)C1CC1. The lowest BCUT2D eigenvalue weighted by atomic mass is 10.4. The van der Waals surface area contributed by atoms with E-state index in [0.717, 1.165) is 38.6 Å². The smallest absolute Gasteiger partial charge is 0.262 e. The predicted octanol–water partition coefficient (Wildman–Crippen LogP) is 2.47. The van der Waals surface area contributed by atoms with Crippen LogP contribution in [0.3, 0.4) is 0 Å². The van der Waals surface area contributed by atoms with Gasteiger partial charge in [-0.1, -0.05) is 6.92 Å². The van der Waals surface area contributed by atoms with Gasteiger partial charge in [-0.05, 0) is 50.2 Å². The highest BCUT2D eigenvalue weighted by Crippen LogP contribution is 2.38. The normalized spacial score (nSPS) is 19.0. The minimum Gasteiger partial charge on any atom is -0.383 e. The third kappa shape index (κ3) is 3.37. The second kappa shape index (κ2) is 5.93. The maximum absolute atomic E-state index is 13.0. The molecule has 1 N–H and O–H groups in total. The first kappa shape index (κ1) is 14.8. The molecular formula is C15H23N3O2S. The molecule has 0 saturated heterocycles. The van der Waals surface area contributed by atoms with E-state index in [0.29, 0.717) is 18.2 Å². The lowest BCUT2D eigenvalue weighted by Crippen LogP contribution is -2.35. The summed E-state index contributed by atoms with van der Waals surface area (Å²) in [5.41, 5.74) is 0.626. The van der Waals surface area contributed by atoms with Gasteiger partial charge in [0.05, 0.1) is 5.69 Å². The van der Waals surface area contributed by atoms with Gasteiger partial charge in [0.1, 0.15) is 0 Å². The molecule has 0 bridgehead atoms. The Morgan fingerprint density at radius 2 is 2.10 bits per heavy atom. The van der Waals surface area contributed by atoms with Crippen molar-refractivity contribution in [1.82, 2.24) is 9.29 Å². The average molecular weight is 309 g/mol. The maximum Gasteiger partial charge on any atom is 0.262 e. The summed E-state index contributed by atoms with van der Waals surface area (Å²) in [5, 5.41) is 3.37. The van der Waals surface area contributed by atoms with Crippen molar-refractivity contribution < 1.29 is 8.42 Å². The minimum absolute atomic E-state index is 0.186. The van der Waals surface area contributed by atoms with Crippen LogP contribution in [0.5, 0.6) is 0 Å². The van der Waals surface area contributed by atoms with Crippen LogP contribution in [-0.4, -0.2) is 36.8 Å². The zero-order valence-corrected chi connectivity index (χ0v) is 13.3. The van der Waals surface area contributed by atoms with E-state index >= 15 is 0 Å². The number of hydrogen-bond donors (Lipinski definition) is 1. The van der Waals surface area contributed by atoms with E-state index in [1.165, 1.54) is 0 Å². The lowest BCUT2D eigenvalue weighted by molar-refractivity contribution is 0.387. The van der Waals surface area contributed by atoms with Gasteiger partial charge in [0, 0.05) is 25.3 Å². The summed E-state index contributed by atoms with van der Waals surface area (Å²) in [6.45, 7) is 3.47. The summed E-state index contributed by atoms with van der Waals surface area (Å²) in [7, 11) is -3.49. The molecule has 0 radical (unpaired) electrons. The topological polar surface area (TPSA) is 62.3 Å². The van der Waals surface area contributed by atoms with E-state index in [1.807, 2.05) is 0 Å². The Kier molecular flexibility index (Phi) is 4.17. The zero-order chi connectivity index (χ0) is 14.9. The molecular weight excluding hydrogens is 286 g/mol. The van der Waals surface area contributed by atoms with Crippen molar-refractivity contribution in [3.8, 4) is 0 Å². The van der Waals surface area contributed by atoms with Crippen molar-refractivity contribution in [2.24, 2.45) is 5.92 Å². The van der Waals surface area contributed by atoms with Crippen molar-refractivity contribution >= 4 is 15.7 Å². The van der Waals surface area contributed by atoms with Gasteiger partial charge in [-0.15, -0.1) is 0 Å². The van der Waals surface area contributed by atoms with Gasteiger partial charge in [0.2, 0.25) is 0 Å². The number of nitrogens with zero attached hydrogens (tertiary/aromatic N) is 2. The molecule has 2 saturated carbocycles. The number of hydrogen-bond acceptors (Lipinski definition) is 4. The Morgan fingerprint density at radius 1 is 1.33 bits per heavy atom. The van der Waals surface area contributed by atoms with Gasteiger partial charge < -0.3 is 5.32 Å². The van der Waals surface area contributed by atoms with Crippen molar-refractivity contribution in [2.45, 2.75) is 50.1 Å². The molecule has 116 valence electrons. The highest BCUT2D eigenvalue weighted by Gasteiger charge is 2.42. The van der Waals surface area contributed by atoms with Gasteiger partial charge >= 0.3 is 0 Å². The van der Waals surface area contributed by atoms with E-state index < -0.39 is 10.0 Å². The molecule has 0 amide bonds. The fourth-order valence-electron chi connectivity index (χ4n) is 2.46. The first-order valence-electron chi connectivity index (χ1n) is 7.83. The molecule has 0 aromatic carbocycles. The molecule has 6 heteroatoms. The Bertz CT molecular complexity index is 595. The molecule has 0 spiro atoms. The molecule has 2 fully saturated rings. The Hall–Kier alpha value is -1.14. The monoisotopic (exact) mass is 309 g/mol. The molecule has 0 unspecified atom stereocenters. The third-order valence-corrected chi connectivity index (χ3v) is 5.86. The molecule has 1 heterocycles. The van der Waals surface area contributed by atoms with Crippen LogP contribution in [0.4, 0.5) is 5.69 Å². The van der Waals surface area contributed by atoms with Crippen LogP contribution in [0.2, 0.25) is 0 Å². The molecule has 2 aliphatic rings. The largest absolute Gasteiger partial charge is 0.383 e. The summed E-state index contributed by atoms with van der Waals surface area (Å²) in [6.07, 6.45) is 6.78. The van der Waals surface area contributed by atoms with Crippen LogP contribution in [-0.2, 0) is 10.0 Å². The molecule has 3 rings (SSSR count). The highest BCUT2D eigenvalue weighted by molar-refractivity contribution is 7.89. The second-order valence-corrected chi connectivity index (χ2v) is 7.84. The van der Waals surface area contributed by atoms with E-state index in [2.05, 4.69) is 17.2 Å². The van der Waals surface area contributed by atoms with Gasteiger partial charge in [-0.3, -0.25) is 0 Å². The van der Waals surface area contributed by atoms with Crippen LogP contribution in [0, 0.1) is 5.92 Å². The van der Waals surface area contributed by atoms with E-state index in [-0.39, 0.29) is 11.1 Å².